The van der Waals surface area contributed by atoms with Gasteiger partial charge in [-0.25, -0.2) is 0 Å². The van der Waals surface area contributed by atoms with E-state index in [0.29, 0.717) is 6.42 Å². The minimum absolute atomic E-state index is 0.494. The van der Waals surface area contributed by atoms with E-state index in [1.807, 2.05) is 6.07 Å². The summed E-state index contributed by atoms with van der Waals surface area (Å²) in [5, 5.41) is 8.31. The summed E-state index contributed by atoms with van der Waals surface area (Å²) < 4.78 is 0. The summed E-state index contributed by atoms with van der Waals surface area (Å²) >= 11 is 0. The Morgan fingerprint density at radius 1 is 1.50 bits per heavy atom. The zero-order valence-electron chi connectivity index (χ0n) is 6.26. The molecule has 0 N–H and O–H groups in total. The van der Waals surface area contributed by atoms with Crippen LogP contribution < -0.4 is 0 Å². The van der Waals surface area contributed by atoms with Crippen LogP contribution in [0.5, 0.6) is 0 Å². The second kappa shape index (κ2) is 6.28. The zero-order valence-corrected chi connectivity index (χ0v) is 6.26. The third-order valence-corrected chi connectivity index (χ3v) is 1.39. The average molecular weight is 138 g/mol. The minimum Gasteiger partial charge on any atom is -0.289 e. The molecule has 2 heteroatoms. The second-order valence-electron chi connectivity index (χ2n) is 2.30. The Balaban J connectivity index is 3.28. The van der Waals surface area contributed by atoms with E-state index in [2.05, 4.69) is 6.92 Å². The van der Waals surface area contributed by atoms with Gasteiger partial charge in [-0.15, -0.1) is 0 Å². The molecule has 0 amide bonds. The van der Waals surface area contributed by atoms with Crippen molar-refractivity contribution in [3.63, 3.8) is 0 Å². The smallest absolute Gasteiger partial charge is 0.216 e. The van der Waals surface area contributed by atoms with Crippen molar-refractivity contribution in [3.05, 3.63) is 0 Å². The van der Waals surface area contributed by atoms with Crippen LogP contribution in [-0.4, -0.2) is 6.29 Å². The monoisotopic (exact) mass is 138 g/mol. The Hall–Kier alpha value is -0.840. The first-order valence-corrected chi connectivity index (χ1v) is 3.62. The Labute approximate surface area is 61.8 Å². The summed E-state index contributed by atoms with van der Waals surface area (Å²) in [5.41, 5.74) is 0. The molecule has 0 aliphatic carbocycles. The van der Waals surface area contributed by atoms with E-state index in [-0.39, 0.29) is 0 Å². The van der Waals surface area contributed by atoms with Crippen molar-refractivity contribution in [2.24, 2.45) is 5.92 Å². The number of carbonyl (C=O) groups excluding carboxylic acids is 1. The van der Waals surface area contributed by atoms with Crippen LogP contribution in [0.3, 0.4) is 0 Å². The summed E-state index contributed by atoms with van der Waals surface area (Å²) in [4.78, 5) is 9.98. The van der Waals surface area contributed by atoms with Gasteiger partial charge in [-0.3, -0.25) is 4.79 Å². The van der Waals surface area contributed by atoms with E-state index >= 15 is 0 Å². The topological polar surface area (TPSA) is 40.9 Å². The van der Waals surface area contributed by atoms with Gasteiger partial charge in [0.25, 0.3) is 0 Å². The lowest BCUT2D eigenvalue weighted by molar-refractivity contribution is 0.525. The molecule has 0 rings (SSSR count). The minimum atomic E-state index is -0.494. The normalized spacial score (nSPS) is 12.0. The highest BCUT2D eigenvalue weighted by Gasteiger charge is 2.04. The fraction of sp³-hybridized carbons (Fsp3) is 0.750. The predicted octanol–water partition coefficient (Wildman–Crippen LogP) is 1.82. The van der Waals surface area contributed by atoms with Crippen molar-refractivity contribution >= 4 is 6.29 Å². The zero-order chi connectivity index (χ0) is 7.82. The first kappa shape index (κ1) is 9.16. The summed E-state index contributed by atoms with van der Waals surface area (Å²) in [5.74, 6) is -0.494. The lowest BCUT2D eigenvalue weighted by Gasteiger charge is -1.96. The lowest BCUT2D eigenvalue weighted by atomic mass is 10.0. The van der Waals surface area contributed by atoms with Gasteiger partial charge in [-0.1, -0.05) is 26.2 Å². The van der Waals surface area contributed by atoms with Gasteiger partial charge in [0.1, 0.15) is 5.92 Å². The largest absolute Gasteiger partial charge is 0.289 e. The Morgan fingerprint density at radius 3 is 2.60 bits per heavy atom. The second-order valence-corrected chi connectivity index (χ2v) is 2.30. The van der Waals surface area contributed by atoms with Crippen LogP contribution in [0.4, 0.5) is 0 Å². The van der Waals surface area contributed by atoms with Crippen molar-refractivity contribution in [1.29, 1.82) is 5.26 Å². The molecule has 1 radical (unpaired) electrons. The van der Waals surface area contributed by atoms with E-state index < -0.39 is 5.92 Å². The molecule has 0 aromatic rings. The molecule has 55 valence electrons. The summed E-state index contributed by atoms with van der Waals surface area (Å²) in [7, 11) is 0. The molecule has 0 aliphatic rings. The van der Waals surface area contributed by atoms with Crippen molar-refractivity contribution in [1.82, 2.24) is 0 Å². The quantitative estimate of drug-likeness (QED) is 0.543. The first-order valence-electron chi connectivity index (χ1n) is 3.62. The highest BCUT2D eigenvalue weighted by atomic mass is 16.1. The molecule has 0 saturated carbocycles. The van der Waals surface area contributed by atoms with Crippen LogP contribution >= 0.6 is 0 Å². The molecule has 1 unspecified atom stereocenters. The third-order valence-electron chi connectivity index (χ3n) is 1.39. The van der Waals surface area contributed by atoms with Gasteiger partial charge in [-0.05, 0) is 6.42 Å². The summed E-state index contributed by atoms with van der Waals surface area (Å²) in [6, 6.07) is 1.89. The van der Waals surface area contributed by atoms with Crippen LogP contribution in [0.2, 0.25) is 0 Å². The van der Waals surface area contributed by atoms with Crippen molar-refractivity contribution in [3.8, 4) is 6.07 Å². The molecular weight excluding hydrogens is 126 g/mol. The molecule has 0 saturated heterocycles. The number of unbranched alkanes of at least 4 members (excludes halogenated alkanes) is 2. The maximum absolute atomic E-state index is 9.98. The van der Waals surface area contributed by atoms with E-state index in [1.54, 1.807) is 6.29 Å². The lowest BCUT2D eigenvalue weighted by Crippen LogP contribution is -1.97. The standard InChI is InChI=1S/C8H12NO/c1-2-3-4-5-8(6-9)7-10/h8H,2-5H2,1H3. The fourth-order valence-electron chi connectivity index (χ4n) is 0.748. The number of hydrogen-bond acceptors (Lipinski definition) is 2. The van der Waals surface area contributed by atoms with Gasteiger partial charge in [0.05, 0.1) is 6.07 Å². The van der Waals surface area contributed by atoms with E-state index in [4.69, 9.17) is 5.26 Å². The van der Waals surface area contributed by atoms with E-state index in [9.17, 15) is 4.79 Å². The van der Waals surface area contributed by atoms with E-state index in [0.717, 1.165) is 19.3 Å². The molecule has 0 aliphatic heterocycles. The fourth-order valence-corrected chi connectivity index (χ4v) is 0.748. The van der Waals surface area contributed by atoms with Crippen LogP contribution in [0, 0.1) is 17.2 Å². The van der Waals surface area contributed by atoms with Crippen LogP contribution in [0.25, 0.3) is 0 Å². The van der Waals surface area contributed by atoms with Gasteiger partial charge in [-0.2, -0.15) is 5.26 Å². The highest BCUT2D eigenvalue weighted by molar-refractivity contribution is 5.58. The number of nitrogens with zero attached hydrogens (tertiary/aromatic N) is 1. The van der Waals surface area contributed by atoms with Gasteiger partial charge < -0.3 is 0 Å². The number of hydrogen-bond donors (Lipinski definition) is 0. The number of nitriles is 1. The highest BCUT2D eigenvalue weighted by Crippen LogP contribution is 2.05. The average Bonchev–Trinajstić information content (AvgIpc) is 1.99. The van der Waals surface area contributed by atoms with Gasteiger partial charge in [0, 0.05) is 0 Å². The molecular formula is C8H12NO. The molecule has 2 nitrogen and oxygen atoms in total. The molecule has 1 atom stereocenters. The summed E-state index contributed by atoms with van der Waals surface area (Å²) in [6.07, 6.45) is 5.56. The maximum Gasteiger partial charge on any atom is 0.216 e. The molecule has 0 spiro atoms. The molecule has 0 aromatic heterocycles. The Morgan fingerprint density at radius 2 is 2.20 bits per heavy atom. The van der Waals surface area contributed by atoms with Gasteiger partial charge in [0.2, 0.25) is 6.29 Å². The van der Waals surface area contributed by atoms with Gasteiger partial charge >= 0.3 is 0 Å². The predicted molar refractivity (Wildman–Crippen MR) is 38.9 cm³/mol. The van der Waals surface area contributed by atoms with Crippen LogP contribution in [0.1, 0.15) is 32.6 Å². The molecule has 0 heterocycles. The van der Waals surface area contributed by atoms with E-state index in [1.165, 1.54) is 0 Å². The van der Waals surface area contributed by atoms with Crippen LogP contribution in [-0.2, 0) is 4.79 Å². The molecule has 10 heavy (non-hydrogen) atoms. The molecule has 0 fully saturated rings. The van der Waals surface area contributed by atoms with Crippen molar-refractivity contribution < 1.29 is 4.79 Å². The Bertz CT molecular complexity index is 126. The molecule has 0 bridgehead atoms. The maximum atomic E-state index is 9.98. The van der Waals surface area contributed by atoms with Crippen LogP contribution in [0.15, 0.2) is 0 Å². The van der Waals surface area contributed by atoms with Crippen molar-refractivity contribution in [2.45, 2.75) is 32.6 Å². The first-order chi connectivity index (χ1) is 4.85. The summed E-state index contributed by atoms with van der Waals surface area (Å²) in [6.45, 7) is 2.09. The SMILES string of the molecule is CCCCCC([C]=O)C#N. The Kier molecular flexibility index (Phi) is 5.75. The van der Waals surface area contributed by atoms with Gasteiger partial charge in [0.15, 0.2) is 0 Å². The molecule has 0 aromatic carbocycles. The van der Waals surface area contributed by atoms with Crippen molar-refractivity contribution in [2.75, 3.05) is 0 Å². The number of rotatable bonds is 5. The third kappa shape index (κ3) is 4.08.